The van der Waals surface area contributed by atoms with Crippen LogP contribution in [0.2, 0.25) is 0 Å². The van der Waals surface area contributed by atoms with Crippen LogP contribution in [-0.2, 0) is 16.1 Å². The van der Waals surface area contributed by atoms with Gasteiger partial charge in [0.25, 0.3) is 5.56 Å². The van der Waals surface area contributed by atoms with E-state index in [4.69, 9.17) is 14.5 Å². The van der Waals surface area contributed by atoms with Crippen molar-refractivity contribution < 1.29 is 14.3 Å². The number of carbonyl (C=O) groups is 1. The fourth-order valence-corrected chi connectivity index (χ4v) is 8.03. The highest BCUT2D eigenvalue weighted by molar-refractivity contribution is 14.1. The van der Waals surface area contributed by atoms with Gasteiger partial charge in [-0.05, 0) is 105 Å². The van der Waals surface area contributed by atoms with Gasteiger partial charge in [0.1, 0.15) is 12.4 Å². The molecule has 1 atom stereocenters. The first kappa shape index (κ1) is 30.7. The number of hydrogen-bond donors (Lipinski definition) is 0. The van der Waals surface area contributed by atoms with Crippen LogP contribution >= 0.6 is 56.5 Å². The highest BCUT2D eigenvalue weighted by Crippen LogP contribution is 2.32. The molecule has 0 aliphatic carbocycles. The summed E-state index contributed by atoms with van der Waals surface area (Å²) in [6.07, 6.45) is 1.89. The molecule has 6 nitrogen and oxygen atoms in total. The van der Waals surface area contributed by atoms with E-state index in [-0.39, 0.29) is 12.2 Å². The number of rotatable bonds is 8. The molecule has 1 aromatic heterocycles. The standard InChI is InChI=1S/C33H30I2N2O4S/c1-5-40-32(39)28-20(4)36-33-37(29(28)24-13-11-23(12-14-24)19(2)3)31(38)27(42-33)17-22-15-25(34)30(26(35)16-22)41-18-21-9-7-6-8-10-21/h6-17,19,29H,5,18H2,1-4H3/b27-17-/t29-/m0/s1. The molecular formula is C33H30I2N2O4S. The van der Waals surface area contributed by atoms with Crippen molar-refractivity contribution in [2.75, 3.05) is 6.61 Å². The van der Waals surface area contributed by atoms with Crippen LogP contribution < -0.4 is 19.6 Å². The van der Waals surface area contributed by atoms with Gasteiger partial charge in [-0.2, -0.15) is 0 Å². The number of esters is 1. The molecule has 216 valence electrons. The van der Waals surface area contributed by atoms with Gasteiger partial charge in [-0.25, -0.2) is 9.79 Å². The SMILES string of the molecule is CCOC(=O)C1=C(C)N=c2s/c(=C\c3cc(I)c(OCc4ccccc4)c(I)c3)c(=O)n2[C@H]1c1ccc(C(C)C)cc1. The maximum atomic E-state index is 14.0. The van der Waals surface area contributed by atoms with E-state index < -0.39 is 12.0 Å². The number of thiazole rings is 1. The third-order valence-corrected chi connectivity index (χ3v) is 9.57. The molecule has 1 aliphatic heterocycles. The molecule has 5 rings (SSSR count). The molecule has 0 spiro atoms. The van der Waals surface area contributed by atoms with Gasteiger partial charge in [0.15, 0.2) is 4.80 Å². The lowest BCUT2D eigenvalue weighted by atomic mass is 9.93. The minimum atomic E-state index is -0.627. The van der Waals surface area contributed by atoms with Crippen LogP contribution in [0.4, 0.5) is 0 Å². The van der Waals surface area contributed by atoms with Crippen LogP contribution in [0.3, 0.4) is 0 Å². The third kappa shape index (κ3) is 6.42. The molecule has 0 amide bonds. The van der Waals surface area contributed by atoms with Gasteiger partial charge < -0.3 is 9.47 Å². The van der Waals surface area contributed by atoms with E-state index in [9.17, 15) is 9.59 Å². The Labute approximate surface area is 276 Å². The van der Waals surface area contributed by atoms with Gasteiger partial charge in [0.2, 0.25) is 0 Å². The average molecular weight is 804 g/mol. The largest absolute Gasteiger partial charge is 0.487 e. The zero-order valence-electron chi connectivity index (χ0n) is 23.7. The van der Waals surface area contributed by atoms with E-state index in [1.165, 1.54) is 16.9 Å². The Morgan fingerprint density at radius 2 is 1.74 bits per heavy atom. The van der Waals surface area contributed by atoms with E-state index in [0.717, 1.165) is 29.6 Å². The number of hydrogen-bond acceptors (Lipinski definition) is 6. The van der Waals surface area contributed by atoms with Crippen molar-refractivity contribution >= 4 is 68.6 Å². The van der Waals surface area contributed by atoms with Crippen LogP contribution in [0.5, 0.6) is 5.75 Å². The fourth-order valence-electron chi connectivity index (χ4n) is 4.85. The number of halogens is 2. The topological polar surface area (TPSA) is 69.9 Å². The van der Waals surface area contributed by atoms with Gasteiger partial charge >= 0.3 is 5.97 Å². The van der Waals surface area contributed by atoms with Gasteiger partial charge in [-0.15, -0.1) is 0 Å². The highest BCUT2D eigenvalue weighted by Gasteiger charge is 2.33. The first-order valence-electron chi connectivity index (χ1n) is 13.6. The molecule has 0 radical (unpaired) electrons. The maximum absolute atomic E-state index is 14.0. The maximum Gasteiger partial charge on any atom is 0.338 e. The molecule has 0 saturated carbocycles. The number of allylic oxidation sites excluding steroid dienone is 1. The van der Waals surface area contributed by atoms with E-state index in [0.29, 0.717) is 33.1 Å². The molecule has 2 heterocycles. The van der Waals surface area contributed by atoms with Crippen molar-refractivity contribution in [1.82, 2.24) is 4.57 Å². The second kappa shape index (κ2) is 13.3. The number of ether oxygens (including phenoxy) is 2. The van der Waals surface area contributed by atoms with Gasteiger partial charge in [0.05, 0.1) is 35.6 Å². The van der Waals surface area contributed by atoms with Crippen molar-refractivity contribution in [3.05, 3.63) is 127 Å². The minimum Gasteiger partial charge on any atom is -0.487 e. The zero-order valence-corrected chi connectivity index (χ0v) is 28.8. The predicted octanol–water partition coefficient (Wildman–Crippen LogP) is 6.71. The van der Waals surface area contributed by atoms with Crippen molar-refractivity contribution in [3.8, 4) is 5.75 Å². The minimum absolute atomic E-state index is 0.194. The first-order valence-corrected chi connectivity index (χ1v) is 16.6. The summed E-state index contributed by atoms with van der Waals surface area (Å²) >= 11 is 5.87. The summed E-state index contributed by atoms with van der Waals surface area (Å²) in [6, 6.07) is 21.5. The summed E-state index contributed by atoms with van der Waals surface area (Å²) in [6.45, 7) is 8.56. The molecule has 0 fully saturated rings. The Hall–Kier alpha value is -2.77. The molecule has 42 heavy (non-hydrogen) atoms. The van der Waals surface area contributed by atoms with Gasteiger partial charge in [0, 0.05) is 0 Å². The van der Waals surface area contributed by atoms with Crippen molar-refractivity contribution in [2.24, 2.45) is 4.99 Å². The van der Waals surface area contributed by atoms with E-state index in [1.807, 2.05) is 60.7 Å². The normalized spacial score (nSPS) is 15.0. The molecule has 0 N–H and O–H groups in total. The van der Waals surface area contributed by atoms with E-state index in [1.54, 1.807) is 18.4 Å². The number of carbonyl (C=O) groups excluding carboxylic acids is 1. The van der Waals surface area contributed by atoms with Crippen molar-refractivity contribution in [2.45, 2.75) is 46.3 Å². The van der Waals surface area contributed by atoms with Gasteiger partial charge in [-0.1, -0.05) is 79.8 Å². The average Bonchev–Trinajstić information content (AvgIpc) is 3.26. The molecule has 9 heteroatoms. The Bertz CT molecular complexity index is 1820. The molecule has 0 bridgehead atoms. The van der Waals surface area contributed by atoms with Crippen LogP contribution in [0.25, 0.3) is 6.08 Å². The monoisotopic (exact) mass is 804 g/mol. The molecule has 0 unspecified atom stereocenters. The second-order valence-electron chi connectivity index (χ2n) is 10.2. The second-order valence-corrected chi connectivity index (χ2v) is 13.5. The fraction of sp³-hybridized carbons (Fsp3) is 0.242. The van der Waals surface area contributed by atoms with Crippen LogP contribution in [0.15, 0.2) is 87.8 Å². The van der Waals surface area contributed by atoms with E-state index >= 15 is 0 Å². The molecule has 1 aliphatic rings. The summed E-state index contributed by atoms with van der Waals surface area (Å²) in [5, 5.41) is 0. The Morgan fingerprint density at radius 1 is 1.07 bits per heavy atom. The highest BCUT2D eigenvalue weighted by atomic mass is 127. The third-order valence-electron chi connectivity index (χ3n) is 6.98. The van der Waals surface area contributed by atoms with Crippen LogP contribution in [0, 0.1) is 7.14 Å². The molecule has 3 aromatic carbocycles. The number of fused-ring (bicyclic) bond motifs is 1. The lowest BCUT2D eigenvalue weighted by molar-refractivity contribution is -0.139. The summed E-state index contributed by atoms with van der Waals surface area (Å²) in [5.74, 6) is 0.725. The Balaban J connectivity index is 1.57. The summed E-state index contributed by atoms with van der Waals surface area (Å²) in [4.78, 5) is 32.4. The summed E-state index contributed by atoms with van der Waals surface area (Å²) < 4.78 is 15.6. The van der Waals surface area contributed by atoms with Crippen molar-refractivity contribution in [3.63, 3.8) is 0 Å². The van der Waals surface area contributed by atoms with Crippen molar-refractivity contribution in [1.29, 1.82) is 0 Å². The number of nitrogens with zero attached hydrogens (tertiary/aromatic N) is 2. The quantitative estimate of drug-likeness (QED) is 0.147. The summed E-state index contributed by atoms with van der Waals surface area (Å²) in [5.41, 5.74) is 4.76. The smallest absolute Gasteiger partial charge is 0.338 e. The van der Waals surface area contributed by atoms with Crippen LogP contribution in [0.1, 0.15) is 61.9 Å². The zero-order chi connectivity index (χ0) is 30.0. The molecule has 0 saturated heterocycles. The lowest BCUT2D eigenvalue weighted by Crippen LogP contribution is -2.39. The van der Waals surface area contributed by atoms with Gasteiger partial charge in [-0.3, -0.25) is 9.36 Å². The Kier molecular flexibility index (Phi) is 9.68. The Morgan fingerprint density at radius 3 is 2.36 bits per heavy atom. The summed E-state index contributed by atoms with van der Waals surface area (Å²) in [7, 11) is 0. The van der Waals surface area contributed by atoms with Crippen LogP contribution in [-0.4, -0.2) is 17.1 Å². The number of aromatic nitrogens is 1. The van der Waals surface area contributed by atoms with E-state index in [2.05, 4.69) is 71.2 Å². The first-order chi connectivity index (χ1) is 20.2. The number of benzene rings is 3. The predicted molar refractivity (Wildman–Crippen MR) is 184 cm³/mol. The molecular weight excluding hydrogens is 774 g/mol. The molecule has 4 aromatic rings. The lowest BCUT2D eigenvalue weighted by Gasteiger charge is -2.25.